The van der Waals surface area contributed by atoms with Crippen LogP contribution in [0.4, 0.5) is 0 Å². The summed E-state index contributed by atoms with van der Waals surface area (Å²) in [6.45, 7) is 3.39. The maximum atomic E-state index is 12.8. The number of hydrogen-bond donors (Lipinski definition) is 1. The number of nitrogens with zero attached hydrogens (tertiary/aromatic N) is 3. The molecule has 1 amide bonds. The third kappa shape index (κ3) is 4.00. The second-order valence-corrected chi connectivity index (χ2v) is 6.83. The summed E-state index contributed by atoms with van der Waals surface area (Å²) in [4.78, 5) is 18.7. The van der Waals surface area contributed by atoms with Crippen molar-refractivity contribution in [1.29, 1.82) is 0 Å². The predicted molar refractivity (Wildman–Crippen MR) is 103 cm³/mol. The molecule has 0 aliphatic carbocycles. The first-order valence-electron chi connectivity index (χ1n) is 9.17. The molecule has 3 aromatic rings. The Morgan fingerprint density at radius 3 is 2.67 bits per heavy atom. The van der Waals surface area contributed by atoms with Crippen LogP contribution in [0.25, 0.3) is 11.3 Å². The van der Waals surface area contributed by atoms with E-state index >= 15 is 0 Å². The van der Waals surface area contributed by atoms with Crippen LogP contribution in [0, 0.1) is 6.92 Å². The second-order valence-electron chi connectivity index (χ2n) is 6.83. The number of piperidine rings is 1. The van der Waals surface area contributed by atoms with E-state index in [9.17, 15) is 4.79 Å². The minimum atomic E-state index is -0.0133. The van der Waals surface area contributed by atoms with Gasteiger partial charge in [0.15, 0.2) is 0 Å². The zero-order valence-electron chi connectivity index (χ0n) is 15.3. The molecule has 1 saturated heterocycles. The molecule has 1 aliphatic rings. The van der Waals surface area contributed by atoms with Gasteiger partial charge >= 0.3 is 0 Å². The van der Waals surface area contributed by atoms with Crippen molar-refractivity contribution in [1.82, 2.24) is 20.1 Å². The van der Waals surface area contributed by atoms with Gasteiger partial charge in [-0.2, -0.15) is 5.10 Å². The highest BCUT2D eigenvalue weighted by molar-refractivity contribution is 5.93. The molecule has 3 heterocycles. The van der Waals surface area contributed by atoms with Crippen LogP contribution in [0.15, 0.2) is 54.9 Å². The molecule has 1 fully saturated rings. The van der Waals surface area contributed by atoms with Gasteiger partial charge < -0.3 is 9.64 Å². The molecule has 27 heavy (non-hydrogen) atoms. The molecule has 2 aromatic heterocycles. The fourth-order valence-corrected chi connectivity index (χ4v) is 3.26. The molecular formula is C21H22N4O2. The number of hydrogen-bond acceptors (Lipinski definition) is 4. The van der Waals surface area contributed by atoms with Crippen LogP contribution in [-0.4, -0.2) is 45.2 Å². The third-order valence-corrected chi connectivity index (χ3v) is 4.82. The molecule has 1 N–H and O–H groups in total. The summed E-state index contributed by atoms with van der Waals surface area (Å²) in [6.07, 6.45) is 5.17. The number of pyridine rings is 1. The molecule has 0 saturated carbocycles. The average Bonchev–Trinajstić information content (AvgIpc) is 3.20. The Hall–Kier alpha value is -3.15. The van der Waals surface area contributed by atoms with Gasteiger partial charge in [-0.3, -0.25) is 14.9 Å². The van der Waals surface area contributed by atoms with Crippen LogP contribution >= 0.6 is 0 Å². The summed E-state index contributed by atoms with van der Waals surface area (Å²) >= 11 is 0. The van der Waals surface area contributed by atoms with Crippen molar-refractivity contribution in [2.45, 2.75) is 25.9 Å². The Morgan fingerprint density at radius 1 is 1.19 bits per heavy atom. The van der Waals surface area contributed by atoms with Gasteiger partial charge in [0.2, 0.25) is 0 Å². The lowest BCUT2D eigenvalue weighted by atomic mass is 10.1. The van der Waals surface area contributed by atoms with E-state index in [2.05, 4.69) is 15.2 Å². The largest absolute Gasteiger partial charge is 0.489 e. The molecular weight excluding hydrogens is 340 g/mol. The zero-order valence-corrected chi connectivity index (χ0v) is 15.3. The first-order valence-corrected chi connectivity index (χ1v) is 9.17. The summed E-state index contributed by atoms with van der Waals surface area (Å²) < 4.78 is 5.94. The second kappa shape index (κ2) is 7.61. The van der Waals surface area contributed by atoms with Gasteiger partial charge in [-0.15, -0.1) is 0 Å². The fraction of sp³-hybridized carbons (Fsp3) is 0.286. The summed E-state index contributed by atoms with van der Waals surface area (Å²) in [5.41, 5.74) is 3.51. The van der Waals surface area contributed by atoms with Crippen LogP contribution in [-0.2, 0) is 0 Å². The minimum absolute atomic E-state index is 0.0133. The standard InChI is InChI=1S/C21H22N4O2/c1-15-4-6-16(7-5-15)19-13-20(24-23-19)21(26)25-11-8-17(9-12-25)27-18-3-2-10-22-14-18/h2-7,10,13-14,17H,8-9,11-12H2,1H3,(H,23,24). The Bertz CT molecular complexity index is 897. The van der Waals surface area contributed by atoms with E-state index < -0.39 is 0 Å². The van der Waals surface area contributed by atoms with Crippen molar-refractivity contribution in [3.8, 4) is 17.0 Å². The van der Waals surface area contributed by atoms with Crippen LogP contribution in [0.3, 0.4) is 0 Å². The zero-order chi connectivity index (χ0) is 18.6. The SMILES string of the molecule is Cc1ccc(-c2cc(C(=O)N3CCC(Oc4cccnc4)CC3)[nH]n2)cc1. The topological polar surface area (TPSA) is 71.1 Å². The lowest BCUT2D eigenvalue weighted by Crippen LogP contribution is -2.41. The van der Waals surface area contributed by atoms with Gasteiger partial charge in [0.1, 0.15) is 17.5 Å². The van der Waals surface area contributed by atoms with E-state index in [-0.39, 0.29) is 12.0 Å². The van der Waals surface area contributed by atoms with Crippen molar-refractivity contribution in [3.05, 3.63) is 66.1 Å². The molecule has 138 valence electrons. The smallest absolute Gasteiger partial charge is 0.271 e. The summed E-state index contributed by atoms with van der Waals surface area (Å²) in [5, 5.41) is 7.18. The van der Waals surface area contributed by atoms with E-state index in [1.54, 1.807) is 12.4 Å². The summed E-state index contributed by atoms with van der Waals surface area (Å²) in [7, 11) is 0. The Balaban J connectivity index is 1.36. The summed E-state index contributed by atoms with van der Waals surface area (Å²) in [5.74, 6) is 0.763. The van der Waals surface area contributed by atoms with E-state index in [1.807, 2.05) is 54.3 Å². The third-order valence-electron chi connectivity index (χ3n) is 4.82. The van der Waals surface area contributed by atoms with Crippen LogP contribution in [0.2, 0.25) is 0 Å². The van der Waals surface area contributed by atoms with Crippen molar-refractivity contribution in [2.75, 3.05) is 13.1 Å². The lowest BCUT2D eigenvalue weighted by Gasteiger charge is -2.31. The Labute approximate surface area is 158 Å². The Kier molecular flexibility index (Phi) is 4.87. The van der Waals surface area contributed by atoms with E-state index in [0.717, 1.165) is 29.8 Å². The number of nitrogens with one attached hydrogen (secondary N) is 1. The number of likely N-dealkylation sites (tertiary alicyclic amines) is 1. The number of aromatic amines is 1. The lowest BCUT2D eigenvalue weighted by molar-refractivity contribution is 0.0589. The molecule has 1 aromatic carbocycles. The number of benzene rings is 1. The number of carbonyl (C=O) groups is 1. The highest BCUT2D eigenvalue weighted by Gasteiger charge is 2.26. The van der Waals surface area contributed by atoms with Crippen LogP contribution < -0.4 is 4.74 Å². The van der Waals surface area contributed by atoms with Gasteiger partial charge in [-0.05, 0) is 25.1 Å². The average molecular weight is 362 g/mol. The molecule has 4 rings (SSSR count). The van der Waals surface area contributed by atoms with Gasteiger partial charge in [0.05, 0.1) is 11.9 Å². The Morgan fingerprint density at radius 2 is 1.96 bits per heavy atom. The van der Waals surface area contributed by atoms with Gasteiger partial charge in [-0.25, -0.2) is 0 Å². The molecule has 0 radical (unpaired) electrons. The molecule has 0 atom stereocenters. The fourth-order valence-electron chi connectivity index (χ4n) is 3.26. The monoisotopic (exact) mass is 362 g/mol. The maximum Gasteiger partial charge on any atom is 0.271 e. The number of aryl methyl sites for hydroxylation is 1. The maximum absolute atomic E-state index is 12.8. The van der Waals surface area contributed by atoms with Crippen molar-refractivity contribution in [2.24, 2.45) is 0 Å². The highest BCUT2D eigenvalue weighted by atomic mass is 16.5. The molecule has 0 bridgehead atoms. The molecule has 1 aliphatic heterocycles. The van der Waals surface area contributed by atoms with Gasteiger partial charge in [0, 0.05) is 37.7 Å². The van der Waals surface area contributed by atoms with Crippen LogP contribution in [0.1, 0.15) is 28.9 Å². The molecule has 6 nitrogen and oxygen atoms in total. The van der Waals surface area contributed by atoms with Crippen LogP contribution in [0.5, 0.6) is 5.75 Å². The van der Waals surface area contributed by atoms with E-state index in [4.69, 9.17) is 4.74 Å². The van der Waals surface area contributed by atoms with Crippen molar-refractivity contribution in [3.63, 3.8) is 0 Å². The minimum Gasteiger partial charge on any atom is -0.489 e. The molecule has 0 unspecified atom stereocenters. The molecule has 0 spiro atoms. The summed E-state index contributed by atoms with van der Waals surface area (Å²) in [6, 6.07) is 13.7. The number of carbonyl (C=O) groups excluding carboxylic acids is 1. The number of ether oxygens (including phenoxy) is 1. The first kappa shape index (κ1) is 17.3. The highest BCUT2D eigenvalue weighted by Crippen LogP contribution is 2.21. The van der Waals surface area contributed by atoms with E-state index in [0.29, 0.717) is 18.8 Å². The quantitative estimate of drug-likeness (QED) is 0.771. The predicted octanol–water partition coefficient (Wildman–Crippen LogP) is 3.46. The van der Waals surface area contributed by atoms with Gasteiger partial charge in [0.25, 0.3) is 5.91 Å². The van der Waals surface area contributed by atoms with Crippen molar-refractivity contribution < 1.29 is 9.53 Å². The van der Waals surface area contributed by atoms with E-state index in [1.165, 1.54) is 5.56 Å². The van der Waals surface area contributed by atoms with Gasteiger partial charge in [-0.1, -0.05) is 29.8 Å². The number of aromatic nitrogens is 3. The van der Waals surface area contributed by atoms with Crippen molar-refractivity contribution >= 4 is 5.91 Å². The normalized spacial score (nSPS) is 14.9. The number of amides is 1. The molecule has 6 heteroatoms. The number of H-pyrrole nitrogens is 1. The first-order chi connectivity index (χ1) is 13.2. The number of rotatable bonds is 4.